The van der Waals surface area contributed by atoms with Crippen molar-refractivity contribution in [3.05, 3.63) is 83.7 Å². The second-order valence-electron chi connectivity index (χ2n) is 6.02. The number of aliphatic hydroxyl groups excluding tert-OH is 1. The van der Waals surface area contributed by atoms with Gasteiger partial charge in [-0.25, -0.2) is 0 Å². The van der Waals surface area contributed by atoms with Crippen LogP contribution in [0.2, 0.25) is 0 Å². The van der Waals surface area contributed by atoms with Gasteiger partial charge in [0.1, 0.15) is 5.75 Å². The molecular formula is C21H19NO2. The van der Waals surface area contributed by atoms with E-state index in [1.807, 2.05) is 42.2 Å². The first-order valence-electron chi connectivity index (χ1n) is 8.02. The van der Waals surface area contributed by atoms with Crippen molar-refractivity contribution in [2.45, 2.75) is 13.0 Å². The number of rotatable bonds is 3. The number of aliphatic hydroxyl groups is 1. The number of para-hydroxylation sites is 2. The minimum atomic E-state index is 0.00685. The van der Waals surface area contributed by atoms with Crippen molar-refractivity contribution in [3.63, 3.8) is 0 Å². The van der Waals surface area contributed by atoms with Crippen LogP contribution in [0, 0.1) is 0 Å². The highest BCUT2D eigenvalue weighted by Crippen LogP contribution is 2.48. The maximum atomic E-state index is 10.5. The summed E-state index contributed by atoms with van der Waals surface area (Å²) in [4.78, 5) is 1.94. The fourth-order valence-electron chi connectivity index (χ4n) is 3.51. The van der Waals surface area contributed by atoms with Crippen LogP contribution in [0.25, 0.3) is 10.8 Å². The second kappa shape index (κ2) is 5.60. The van der Waals surface area contributed by atoms with Crippen molar-refractivity contribution >= 4 is 16.5 Å². The van der Waals surface area contributed by atoms with Crippen LogP contribution < -0.4 is 9.64 Å². The normalized spacial score (nSPS) is 17.1. The largest absolute Gasteiger partial charge is 0.495 e. The highest BCUT2D eigenvalue weighted by molar-refractivity contribution is 5.88. The van der Waals surface area contributed by atoms with E-state index in [0.717, 1.165) is 17.0 Å². The molecule has 0 bridgehead atoms. The van der Waals surface area contributed by atoms with Crippen molar-refractivity contribution in [1.29, 1.82) is 0 Å². The molecule has 1 N–H and O–H groups in total. The van der Waals surface area contributed by atoms with E-state index in [0.29, 0.717) is 5.88 Å². The SMILES string of the molecule is COc1ccccc1N1C(O)=C(C)C1c1cccc2ccccc12. The summed E-state index contributed by atoms with van der Waals surface area (Å²) in [6, 6.07) is 22.4. The van der Waals surface area contributed by atoms with E-state index in [9.17, 15) is 5.11 Å². The Morgan fingerprint density at radius 2 is 1.62 bits per heavy atom. The molecule has 24 heavy (non-hydrogen) atoms. The third kappa shape index (κ3) is 2.05. The molecule has 0 saturated heterocycles. The van der Waals surface area contributed by atoms with Crippen LogP contribution in [0.3, 0.4) is 0 Å². The number of ether oxygens (including phenoxy) is 1. The van der Waals surface area contributed by atoms with Crippen LogP contribution in [0.15, 0.2) is 78.2 Å². The van der Waals surface area contributed by atoms with Gasteiger partial charge in [-0.1, -0.05) is 54.6 Å². The summed E-state index contributed by atoms with van der Waals surface area (Å²) in [5, 5.41) is 12.9. The zero-order valence-corrected chi connectivity index (χ0v) is 13.7. The third-order valence-electron chi connectivity index (χ3n) is 4.71. The van der Waals surface area contributed by atoms with Crippen molar-refractivity contribution in [2.75, 3.05) is 12.0 Å². The lowest BCUT2D eigenvalue weighted by atomic mass is 9.88. The van der Waals surface area contributed by atoms with E-state index in [2.05, 4.69) is 36.4 Å². The van der Waals surface area contributed by atoms with Gasteiger partial charge in [-0.2, -0.15) is 0 Å². The molecule has 0 amide bonds. The Morgan fingerprint density at radius 3 is 2.46 bits per heavy atom. The van der Waals surface area contributed by atoms with Crippen LogP contribution in [0.1, 0.15) is 18.5 Å². The van der Waals surface area contributed by atoms with E-state index in [1.54, 1.807) is 7.11 Å². The molecule has 1 unspecified atom stereocenters. The number of anilines is 1. The molecule has 0 aliphatic carbocycles. The summed E-state index contributed by atoms with van der Waals surface area (Å²) in [6.45, 7) is 1.98. The van der Waals surface area contributed by atoms with Crippen LogP contribution in [0.5, 0.6) is 5.75 Å². The third-order valence-corrected chi connectivity index (χ3v) is 4.71. The Kier molecular flexibility index (Phi) is 3.42. The van der Waals surface area contributed by atoms with Gasteiger partial charge in [-0.05, 0) is 35.4 Å². The fraction of sp³-hybridized carbons (Fsp3) is 0.143. The average Bonchev–Trinajstić information content (AvgIpc) is 2.65. The number of hydrogen-bond donors (Lipinski definition) is 1. The van der Waals surface area contributed by atoms with Gasteiger partial charge in [-0.3, -0.25) is 4.90 Å². The van der Waals surface area contributed by atoms with Gasteiger partial charge in [0.25, 0.3) is 0 Å². The Morgan fingerprint density at radius 1 is 0.917 bits per heavy atom. The van der Waals surface area contributed by atoms with Gasteiger partial charge in [0.05, 0.1) is 18.8 Å². The Hall–Kier alpha value is -2.94. The minimum absolute atomic E-state index is 0.00685. The molecule has 3 aromatic carbocycles. The summed E-state index contributed by atoms with van der Waals surface area (Å²) in [6.07, 6.45) is 0. The monoisotopic (exact) mass is 317 g/mol. The lowest BCUT2D eigenvalue weighted by Gasteiger charge is -2.43. The predicted molar refractivity (Wildman–Crippen MR) is 97.5 cm³/mol. The molecule has 3 nitrogen and oxygen atoms in total. The first-order chi connectivity index (χ1) is 11.7. The molecule has 1 heterocycles. The highest BCUT2D eigenvalue weighted by Gasteiger charge is 2.39. The number of benzene rings is 3. The van der Waals surface area contributed by atoms with Gasteiger partial charge in [0, 0.05) is 5.57 Å². The molecule has 0 radical (unpaired) electrons. The molecule has 4 rings (SSSR count). The van der Waals surface area contributed by atoms with Crippen LogP contribution in [-0.4, -0.2) is 12.2 Å². The fourth-order valence-corrected chi connectivity index (χ4v) is 3.51. The first kappa shape index (κ1) is 14.6. The standard InChI is InChI=1S/C21H19NO2/c1-14-20(17-11-7-9-15-8-3-4-10-16(15)17)22(21(14)23)18-12-5-6-13-19(18)24-2/h3-13,20,23H,1-2H3. The van der Waals surface area contributed by atoms with Crippen LogP contribution >= 0.6 is 0 Å². The summed E-state index contributed by atoms with van der Waals surface area (Å²) >= 11 is 0. The predicted octanol–water partition coefficient (Wildman–Crippen LogP) is 5.20. The molecule has 0 fully saturated rings. The molecule has 0 aromatic heterocycles. The zero-order valence-electron chi connectivity index (χ0n) is 13.7. The molecular weight excluding hydrogens is 298 g/mol. The summed E-state index contributed by atoms with van der Waals surface area (Å²) < 4.78 is 5.48. The van der Waals surface area contributed by atoms with Crippen molar-refractivity contribution in [3.8, 4) is 5.75 Å². The minimum Gasteiger partial charge on any atom is -0.495 e. The molecule has 1 aliphatic heterocycles. The molecule has 3 heteroatoms. The first-order valence-corrected chi connectivity index (χ1v) is 8.02. The van der Waals surface area contributed by atoms with Gasteiger partial charge < -0.3 is 9.84 Å². The molecule has 1 atom stereocenters. The molecule has 3 aromatic rings. The number of nitrogens with zero attached hydrogens (tertiary/aromatic N) is 1. The topological polar surface area (TPSA) is 32.7 Å². The maximum Gasteiger partial charge on any atom is 0.193 e. The smallest absolute Gasteiger partial charge is 0.193 e. The van der Waals surface area contributed by atoms with Crippen LogP contribution in [-0.2, 0) is 0 Å². The highest BCUT2D eigenvalue weighted by atomic mass is 16.5. The lowest BCUT2D eigenvalue weighted by molar-refractivity contribution is 0.331. The number of fused-ring (bicyclic) bond motifs is 1. The van der Waals surface area contributed by atoms with Crippen molar-refractivity contribution in [1.82, 2.24) is 0 Å². The zero-order chi connectivity index (χ0) is 16.7. The molecule has 1 aliphatic rings. The van der Waals surface area contributed by atoms with Crippen LogP contribution in [0.4, 0.5) is 5.69 Å². The van der Waals surface area contributed by atoms with E-state index in [1.165, 1.54) is 16.3 Å². The maximum absolute atomic E-state index is 10.5. The lowest BCUT2D eigenvalue weighted by Crippen LogP contribution is -2.39. The van der Waals surface area contributed by atoms with E-state index in [-0.39, 0.29) is 6.04 Å². The quantitative estimate of drug-likeness (QED) is 0.720. The van der Waals surface area contributed by atoms with Gasteiger partial charge >= 0.3 is 0 Å². The average molecular weight is 317 g/mol. The van der Waals surface area contributed by atoms with E-state index in [4.69, 9.17) is 4.74 Å². The van der Waals surface area contributed by atoms with Crippen molar-refractivity contribution < 1.29 is 9.84 Å². The van der Waals surface area contributed by atoms with Crippen molar-refractivity contribution in [2.24, 2.45) is 0 Å². The Balaban J connectivity index is 1.88. The second-order valence-corrected chi connectivity index (χ2v) is 6.02. The Bertz CT molecular complexity index is 940. The van der Waals surface area contributed by atoms with Gasteiger partial charge in [-0.15, -0.1) is 0 Å². The number of hydrogen-bond acceptors (Lipinski definition) is 3. The van der Waals surface area contributed by atoms with E-state index < -0.39 is 0 Å². The summed E-state index contributed by atoms with van der Waals surface area (Å²) in [5.74, 6) is 1.05. The number of methoxy groups -OCH3 is 1. The summed E-state index contributed by atoms with van der Waals surface area (Å²) in [5.41, 5.74) is 3.03. The van der Waals surface area contributed by atoms with E-state index >= 15 is 0 Å². The molecule has 120 valence electrons. The molecule has 0 saturated carbocycles. The van der Waals surface area contributed by atoms with Gasteiger partial charge in [0.2, 0.25) is 0 Å². The Labute approximate surface area is 141 Å². The summed E-state index contributed by atoms with van der Waals surface area (Å²) in [7, 11) is 1.65. The molecule has 0 spiro atoms. The van der Waals surface area contributed by atoms with Gasteiger partial charge in [0.15, 0.2) is 5.88 Å².